The first-order valence-electron chi connectivity index (χ1n) is 5.04. The highest BCUT2D eigenvalue weighted by Crippen LogP contribution is 2.22. The molecule has 1 heterocycles. The summed E-state index contributed by atoms with van der Waals surface area (Å²) in [6, 6.07) is 0.0528. The largest absolute Gasteiger partial charge is 0.305 e. The first-order chi connectivity index (χ1) is 6.75. The van der Waals surface area contributed by atoms with E-state index >= 15 is 0 Å². The van der Waals surface area contributed by atoms with Crippen LogP contribution in [0.2, 0.25) is 0 Å². The van der Waals surface area contributed by atoms with Crippen LogP contribution in [0.25, 0.3) is 0 Å². The summed E-state index contributed by atoms with van der Waals surface area (Å²) in [5, 5.41) is 6.34. The highest BCUT2D eigenvalue weighted by Gasteiger charge is 2.26. The second kappa shape index (κ2) is 4.36. The van der Waals surface area contributed by atoms with Crippen molar-refractivity contribution >= 4 is 11.3 Å². The molecular formula is C10H15FN2S. The molecule has 0 aliphatic heterocycles. The lowest BCUT2D eigenvalue weighted by Gasteiger charge is -2.13. The predicted molar refractivity (Wildman–Crippen MR) is 56.2 cm³/mol. The minimum Gasteiger partial charge on any atom is -0.305 e. The molecule has 1 aromatic rings. The fraction of sp³-hybridized carbons (Fsp3) is 0.700. The third-order valence-corrected chi connectivity index (χ3v) is 3.47. The quantitative estimate of drug-likeness (QED) is 0.836. The number of halogens is 1. The van der Waals surface area contributed by atoms with E-state index < -0.39 is 6.17 Å². The molecule has 0 saturated heterocycles. The molecule has 1 aliphatic carbocycles. The van der Waals surface area contributed by atoms with E-state index in [2.05, 4.69) is 10.3 Å². The molecule has 1 aliphatic rings. The number of hydrogen-bond donors (Lipinski definition) is 1. The van der Waals surface area contributed by atoms with Gasteiger partial charge in [-0.05, 0) is 26.2 Å². The van der Waals surface area contributed by atoms with Gasteiger partial charge in [-0.1, -0.05) is 0 Å². The van der Waals surface area contributed by atoms with E-state index in [0.29, 0.717) is 13.0 Å². The maximum atomic E-state index is 13.2. The lowest BCUT2D eigenvalue weighted by molar-refractivity contribution is 0.279. The van der Waals surface area contributed by atoms with Gasteiger partial charge in [0.1, 0.15) is 6.17 Å². The van der Waals surface area contributed by atoms with Crippen molar-refractivity contribution in [2.75, 3.05) is 0 Å². The molecule has 0 amide bonds. The van der Waals surface area contributed by atoms with E-state index in [9.17, 15) is 4.39 Å². The van der Waals surface area contributed by atoms with E-state index in [4.69, 9.17) is 0 Å². The zero-order valence-electron chi connectivity index (χ0n) is 8.29. The first-order valence-corrected chi connectivity index (χ1v) is 5.92. The zero-order chi connectivity index (χ0) is 9.97. The Bertz CT molecular complexity index is 300. The van der Waals surface area contributed by atoms with Crippen LogP contribution in [-0.2, 0) is 6.54 Å². The fourth-order valence-corrected chi connectivity index (χ4v) is 2.48. The lowest BCUT2D eigenvalue weighted by Crippen LogP contribution is -2.32. The Morgan fingerprint density at radius 3 is 3.07 bits per heavy atom. The number of thiazole rings is 1. The highest BCUT2D eigenvalue weighted by atomic mass is 32.1. The molecule has 1 saturated carbocycles. The number of aromatic nitrogens is 1. The second-order valence-electron chi connectivity index (χ2n) is 3.79. The molecule has 2 nitrogen and oxygen atoms in total. The summed E-state index contributed by atoms with van der Waals surface area (Å²) in [5.74, 6) is 0. The molecule has 0 unspecified atom stereocenters. The van der Waals surface area contributed by atoms with Gasteiger partial charge in [-0.3, -0.25) is 0 Å². The van der Waals surface area contributed by atoms with Crippen LogP contribution < -0.4 is 5.32 Å². The Morgan fingerprint density at radius 2 is 2.50 bits per heavy atom. The Balaban J connectivity index is 1.82. The molecule has 1 fully saturated rings. The molecular weight excluding hydrogens is 199 g/mol. The molecule has 2 atom stereocenters. The van der Waals surface area contributed by atoms with Crippen LogP contribution in [0.4, 0.5) is 4.39 Å². The Morgan fingerprint density at radius 1 is 1.64 bits per heavy atom. The molecule has 0 bridgehead atoms. The second-order valence-corrected chi connectivity index (χ2v) is 4.85. The van der Waals surface area contributed by atoms with Gasteiger partial charge in [0.05, 0.1) is 10.7 Å². The van der Waals surface area contributed by atoms with Gasteiger partial charge in [-0.2, -0.15) is 0 Å². The van der Waals surface area contributed by atoms with Crippen molar-refractivity contribution in [1.82, 2.24) is 10.3 Å². The van der Waals surface area contributed by atoms with Crippen molar-refractivity contribution in [2.24, 2.45) is 0 Å². The zero-order valence-corrected chi connectivity index (χ0v) is 9.11. The van der Waals surface area contributed by atoms with E-state index in [0.717, 1.165) is 23.5 Å². The van der Waals surface area contributed by atoms with Crippen molar-refractivity contribution in [1.29, 1.82) is 0 Å². The summed E-state index contributed by atoms with van der Waals surface area (Å²) in [6.45, 7) is 2.69. The van der Waals surface area contributed by atoms with Crippen LogP contribution in [0.15, 0.2) is 5.38 Å². The van der Waals surface area contributed by atoms with Crippen LogP contribution in [0, 0.1) is 6.92 Å². The maximum Gasteiger partial charge on any atom is 0.115 e. The summed E-state index contributed by atoms with van der Waals surface area (Å²) in [4.78, 5) is 4.33. The third-order valence-electron chi connectivity index (χ3n) is 2.64. The number of rotatable bonds is 3. The van der Waals surface area contributed by atoms with Crippen molar-refractivity contribution in [3.8, 4) is 0 Å². The molecule has 0 radical (unpaired) electrons. The summed E-state index contributed by atoms with van der Waals surface area (Å²) in [7, 11) is 0. The fourth-order valence-electron chi connectivity index (χ4n) is 1.87. The number of alkyl halides is 1. The molecule has 14 heavy (non-hydrogen) atoms. The van der Waals surface area contributed by atoms with Crippen molar-refractivity contribution in [3.63, 3.8) is 0 Å². The van der Waals surface area contributed by atoms with Crippen LogP contribution >= 0.6 is 11.3 Å². The van der Waals surface area contributed by atoms with Gasteiger partial charge in [0.15, 0.2) is 0 Å². The van der Waals surface area contributed by atoms with Gasteiger partial charge >= 0.3 is 0 Å². The SMILES string of the molecule is Cc1nc(CN[C@H]2CCC[C@H]2F)cs1. The maximum absolute atomic E-state index is 13.2. The van der Waals surface area contributed by atoms with Crippen LogP contribution in [-0.4, -0.2) is 17.2 Å². The average molecular weight is 214 g/mol. The van der Waals surface area contributed by atoms with E-state index in [1.54, 1.807) is 11.3 Å². The summed E-state index contributed by atoms with van der Waals surface area (Å²) < 4.78 is 13.2. The monoisotopic (exact) mass is 214 g/mol. The number of nitrogens with one attached hydrogen (secondary N) is 1. The molecule has 0 spiro atoms. The summed E-state index contributed by atoms with van der Waals surface area (Å²) in [5.41, 5.74) is 1.03. The molecule has 1 aromatic heterocycles. The molecule has 1 N–H and O–H groups in total. The van der Waals surface area contributed by atoms with E-state index in [1.165, 1.54) is 0 Å². The molecule has 78 valence electrons. The summed E-state index contributed by atoms with van der Waals surface area (Å²) >= 11 is 1.64. The van der Waals surface area contributed by atoms with Crippen molar-refractivity contribution in [3.05, 3.63) is 16.1 Å². The van der Waals surface area contributed by atoms with Gasteiger partial charge < -0.3 is 5.32 Å². The van der Waals surface area contributed by atoms with Gasteiger partial charge in [0, 0.05) is 18.0 Å². The molecule has 2 rings (SSSR count). The average Bonchev–Trinajstić information content (AvgIpc) is 2.72. The minimum absolute atomic E-state index is 0.0528. The predicted octanol–water partition coefficient (Wildman–Crippen LogP) is 2.43. The van der Waals surface area contributed by atoms with Crippen molar-refractivity contribution in [2.45, 2.75) is 44.9 Å². The van der Waals surface area contributed by atoms with E-state index in [-0.39, 0.29) is 6.04 Å². The Hall–Kier alpha value is -0.480. The van der Waals surface area contributed by atoms with Gasteiger partial charge in [-0.25, -0.2) is 9.37 Å². The third kappa shape index (κ3) is 2.30. The van der Waals surface area contributed by atoms with Crippen LogP contribution in [0.3, 0.4) is 0 Å². The lowest BCUT2D eigenvalue weighted by atomic mass is 10.2. The van der Waals surface area contributed by atoms with Gasteiger partial charge in [-0.15, -0.1) is 11.3 Å². The van der Waals surface area contributed by atoms with Crippen LogP contribution in [0.5, 0.6) is 0 Å². The molecule has 4 heteroatoms. The smallest absolute Gasteiger partial charge is 0.115 e. The Kier molecular flexibility index (Phi) is 3.13. The number of hydrogen-bond acceptors (Lipinski definition) is 3. The van der Waals surface area contributed by atoms with Gasteiger partial charge in [0.2, 0.25) is 0 Å². The van der Waals surface area contributed by atoms with Crippen LogP contribution in [0.1, 0.15) is 30.0 Å². The Labute approximate surface area is 87.6 Å². The highest BCUT2D eigenvalue weighted by molar-refractivity contribution is 7.09. The summed E-state index contributed by atoms with van der Waals surface area (Å²) in [6.07, 6.45) is 2.03. The minimum atomic E-state index is -0.658. The number of aryl methyl sites for hydroxylation is 1. The van der Waals surface area contributed by atoms with Gasteiger partial charge in [0.25, 0.3) is 0 Å². The standard InChI is InChI=1S/C10H15FN2S/c1-7-13-8(6-14-7)5-12-10-4-2-3-9(10)11/h6,9-10,12H,2-5H2,1H3/t9-,10+/m1/s1. The first kappa shape index (κ1) is 10.1. The number of nitrogens with zero attached hydrogens (tertiary/aromatic N) is 1. The topological polar surface area (TPSA) is 24.9 Å². The normalized spacial score (nSPS) is 27.0. The molecule has 0 aromatic carbocycles. The van der Waals surface area contributed by atoms with Crippen molar-refractivity contribution < 1.29 is 4.39 Å². The van der Waals surface area contributed by atoms with E-state index in [1.807, 2.05) is 12.3 Å².